The second-order valence-corrected chi connectivity index (χ2v) is 4.28. The van der Waals surface area contributed by atoms with E-state index < -0.39 is 0 Å². The van der Waals surface area contributed by atoms with Crippen LogP contribution in [0.1, 0.15) is 26.7 Å². The molecule has 0 aromatic carbocycles. The van der Waals surface area contributed by atoms with Gasteiger partial charge in [-0.3, -0.25) is 9.79 Å². The molecule has 0 rings (SSSR count). The molecular formula is C13H28N4O2. The fourth-order valence-electron chi connectivity index (χ4n) is 1.35. The van der Waals surface area contributed by atoms with Crippen LogP contribution in [0.5, 0.6) is 0 Å². The summed E-state index contributed by atoms with van der Waals surface area (Å²) in [6.45, 7) is 7.59. The van der Waals surface area contributed by atoms with Gasteiger partial charge in [-0.1, -0.05) is 0 Å². The van der Waals surface area contributed by atoms with Crippen molar-refractivity contribution in [2.75, 3.05) is 46.9 Å². The molecule has 0 aliphatic heterocycles. The maximum absolute atomic E-state index is 11.4. The zero-order chi connectivity index (χ0) is 14.5. The maximum atomic E-state index is 11.4. The van der Waals surface area contributed by atoms with Gasteiger partial charge >= 0.3 is 0 Å². The Morgan fingerprint density at radius 3 is 2.58 bits per heavy atom. The van der Waals surface area contributed by atoms with Gasteiger partial charge in [-0.2, -0.15) is 0 Å². The van der Waals surface area contributed by atoms with E-state index >= 15 is 0 Å². The van der Waals surface area contributed by atoms with E-state index in [1.54, 1.807) is 19.0 Å². The largest absolute Gasteiger partial charge is 0.382 e. The predicted octanol–water partition coefficient (Wildman–Crippen LogP) is 0.446. The monoisotopic (exact) mass is 272 g/mol. The fraction of sp³-hybridized carbons (Fsp3) is 0.846. The van der Waals surface area contributed by atoms with Gasteiger partial charge in [0.2, 0.25) is 5.91 Å². The number of hydrogen-bond donors (Lipinski definition) is 2. The highest BCUT2D eigenvalue weighted by molar-refractivity contribution is 5.81. The Bertz CT molecular complexity index is 267. The third-order valence-corrected chi connectivity index (χ3v) is 2.40. The van der Waals surface area contributed by atoms with Gasteiger partial charge in [0, 0.05) is 53.4 Å². The first-order valence-corrected chi connectivity index (χ1v) is 6.91. The van der Waals surface area contributed by atoms with E-state index in [4.69, 9.17) is 4.74 Å². The molecule has 0 fully saturated rings. The quantitative estimate of drug-likeness (QED) is 0.363. The van der Waals surface area contributed by atoms with Crippen LogP contribution in [-0.4, -0.2) is 63.7 Å². The number of hydrogen-bond acceptors (Lipinski definition) is 3. The zero-order valence-electron chi connectivity index (χ0n) is 12.7. The molecule has 0 saturated carbocycles. The van der Waals surface area contributed by atoms with Gasteiger partial charge in [-0.05, 0) is 20.3 Å². The highest BCUT2D eigenvalue weighted by Crippen LogP contribution is 1.87. The zero-order valence-corrected chi connectivity index (χ0v) is 12.7. The lowest BCUT2D eigenvalue weighted by Gasteiger charge is -2.13. The Labute approximate surface area is 116 Å². The van der Waals surface area contributed by atoms with E-state index in [0.717, 1.165) is 38.7 Å². The van der Waals surface area contributed by atoms with Crippen molar-refractivity contribution < 1.29 is 9.53 Å². The van der Waals surface area contributed by atoms with Crippen molar-refractivity contribution in [3.63, 3.8) is 0 Å². The van der Waals surface area contributed by atoms with Gasteiger partial charge in [0.25, 0.3) is 0 Å². The molecule has 0 saturated heterocycles. The van der Waals surface area contributed by atoms with Crippen LogP contribution >= 0.6 is 0 Å². The molecule has 112 valence electrons. The van der Waals surface area contributed by atoms with Crippen molar-refractivity contribution >= 4 is 11.9 Å². The van der Waals surface area contributed by atoms with E-state index in [9.17, 15) is 4.79 Å². The molecule has 0 aliphatic rings. The van der Waals surface area contributed by atoms with Gasteiger partial charge in [-0.15, -0.1) is 0 Å². The van der Waals surface area contributed by atoms with Crippen LogP contribution in [0, 0.1) is 0 Å². The molecule has 0 spiro atoms. The summed E-state index contributed by atoms with van der Waals surface area (Å²) < 4.78 is 5.25. The summed E-state index contributed by atoms with van der Waals surface area (Å²) in [7, 11) is 3.52. The van der Waals surface area contributed by atoms with Crippen molar-refractivity contribution in [3.8, 4) is 0 Å². The molecule has 0 atom stereocenters. The number of nitrogens with zero attached hydrogens (tertiary/aromatic N) is 2. The first-order chi connectivity index (χ1) is 9.11. The lowest BCUT2D eigenvalue weighted by Crippen LogP contribution is -2.39. The van der Waals surface area contributed by atoms with Gasteiger partial charge in [0.15, 0.2) is 5.96 Å². The van der Waals surface area contributed by atoms with Gasteiger partial charge in [0.05, 0.1) is 0 Å². The molecule has 2 N–H and O–H groups in total. The molecule has 0 aliphatic carbocycles. The number of rotatable bonds is 9. The second-order valence-electron chi connectivity index (χ2n) is 4.28. The Morgan fingerprint density at radius 1 is 1.26 bits per heavy atom. The Kier molecular flexibility index (Phi) is 11.0. The number of aliphatic imine (C=N–C) groups is 1. The van der Waals surface area contributed by atoms with Gasteiger partial charge in [0.1, 0.15) is 0 Å². The number of amides is 1. The van der Waals surface area contributed by atoms with E-state index in [1.807, 2.05) is 13.8 Å². The van der Waals surface area contributed by atoms with Gasteiger partial charge < -0.3 is 20.3 Å². The van der Waals surface area contributed by atoms with Crippen LogP contribution in [0.15, 0.2) is 4.99 Å². The average molecular weight is 272 g/mol. The lowest BCUT2D eigenvalue weighted by atomic mass is 10.4. The normalized spacial score (nSPS) is 11.3. The smallest absolute Gasteiger partial charge is 0.223 e. The van der Waals surface area contributed by atoms with E-state index in [2.05, 4.69) is 15.6 Å². The van der Waals surface area contributed by atoms with E-state index in [-0.39, 0.29) is 5.91 Å². The SMILES string of the molecule is CCNC(=NCCCOCC)NCCC(=O)N(C)C. The van der Waals surface area contributed by atoms with Crippen molar-refractivity contribution in [2.45, 2.75) is 26.7 Å². The molecule has 0 bridgehead atoms. The van der Waals surface area contributed by atoms with Crippen molar-refractivity contribution in [1.82, 2.24) is 15.5 Å². The molecule has 0 aromatic rings. The third-order valence-electron chi connectivity index (χ3n) is 2.40. The summed E-state index contributed by atoms with van der Waals surface area (Å²) in [5, 5.41) is 6.30. The fourth-order valence-corrected chi connectivity index (χ4v) is 1.35. The van der Waals surface area contributed by atoms with Crippen LogP contribution in [0.25, 0.3) is 0 Å². The molecular weight excluding hydrogens is 244 g/mol. The molecule has 0 unspecified atom stereocenters. The first kappa shape index (κ1) is 17.7. The maximum Gasteiger partial charge on any atom is 0.223 e. The molecule has 6 heteroatoms. The number of carbonyl (C=O) groups is 1. The van der Waals surface area contributed by atoms with Crippen molar-refractivity contribution in [2.24, 2.45) is 4.99 Å². The van der Waals surface area contributed by atoms with Crippen molar-refractivity contribution in [1.29, 1.82) is 0 Å². The molecule has 19 heavy (non-hydrogen) atoms. The summed E-state index contributed by atoms with van der Waals surface area (Å²) in [6, 6.07) is 0. The van der Waals surface area contributed by atoms with E-state index in [0.29, 0.717) is 13.0 Å². The number of guanidine groups is 1. The van der Waals surface area contributed by atoms with Crippen molar-refractivity contribution in [3.05, 3.63) is 0 Å². The minimum Gasteiger partial charge on any atom is -0.382 e. The lowest BCUT2D eigenvalue weighted by molar-refractivity contribution is -0.128. The summed E-state index contributed by atoms with van der Waals surface area (Å²) in [6.07, 6.45) is 1.37. The summed E-state index contributed by atoms with van der Waals surface area (Å²) in [4.78, 5) is 17.4. The molecule has 0 heterocycles. The van der Waals surface area contributed by atoms with Crippen LogP contribution < -0.4 is 10.6 Å². The van der Waals surface area contributed by atoms with Crippen LogP contribution in [0.3, 0.4) is 0 Å². The molecule has 6 nitrogen and oxygen atoms in total. The summed E-state index contributed by atoms with van der Waals surface area (Å²) in [5.41, 5.74) is 0. The first-order valence-electron chi connectivity index (χ1n) is 6.91. The van der Waals surface area contributed by atoms with E-state index in [1.165, 1.54) is 0 Å². The summed E-state index contributed by atoms with van der Waals surface area (Å²) in [5.74, 6) is 0.866. The Balaban J connectivity index is 3.90. The minimum atomic E-state index is 0.111. The standard InChI is InChI=1S/C13H28N4O2/c1-5-14-13(15-9-7-11-19-6-2)16-10-8-12(18)17(3)4/h5-11H2,1-4H3,(H2,14,15,16). The average Bonchev–Trinajstić information content (AvgIpc) is 2.38. The Morgan fingerprint density at radius 2 is 2.00 bits per heavy atom. The third kappa shape index (κ3) is 10.3. The Hall–Kier alpha value is -1.30. The molecule has 0 radical (unpaired) electrons. The minimum absolute atomic E-state index is 0.111. The summed E-state index contributed by atoms with van der Waals surface area (Å²) >= 11 is 0. The molecule has 1 amide bonds. The number of carbonyl (C=O) groups excluding carboxylic acids is 1. The van der Waals surface area contributed by atoms with Crippen LogP contribution in [0.2, 0.25) is 0 Å². The highest BCUT2D eigenvalue weighted by Gasteiger charge is 2.03. The predicted molar refractivity (Wildman–Crippen MR) is 78.4 cm³/mol. The number of ether oxygens (including phenoxy) is 1. The topological polar surface area (TPSA) is 66.0 Å². The highest BCUT2D eigenvalue weighted by atomic mass is 16.5. The van der Waals surface area contributed by atoms with Gasteiger partial charge in [-0.25, -0.2) is 0 Å². The van der Waals surface area contributed by atoms with Crippen LogP contribution in [0.4, 0.5) is 0 Å². The van der Waals surface area contributed by atoms with Crippen LogP contribution in [-0.2, 0) is 9.53 Å². The number of nitrogens with one attached hydrogen (secondary N) is 2. The second kappa shape index (κ2) is 11.8. The molecule has 0 aromatic heterocycles.